The lowest BCUT2D eigenvalue weighted by atomic mass is 10.1. The van der Waals surface area contributed by atoms with Gasteiger partial charge in [-0.15, -0.1) is 0 Å². The predicted molar refractivity (Wildman–Crippen MR) is 146 cm³/mol. The fourth-order valence-electron chi connectivity index (χ4n) is 4.32. The average molecular weight is 540 g/mol. The molecule has 0 spiro atoms. The molecule has 1 N–H and O–H groups in total. The molecule has 210 valence electrons. The lowest BCUT2D eigenvalue weighted by Crippen LogP contribution is -2.58. The van der Waals surface area contributed by atoms with E-state index in [4.69, 9.17) is 14.2 Å². The molecule has 0 bridgehead atoms. The molecule has 2 aromatic rings. The summed E-state index contributed by atoms with van der Waals surface area (Å²) in [6.45, 7) is 10.8. The molecule has 4 rings (SSSR count). The van der Waals surface area contributed by atoms with Gasteiger partial charge in [0.2, 0.25) is 0 Å². The number of piperazine rings is 1. The van der Waals surface area contributed by atoms with Crippen molar-refractivity contribution in [2.75, 3.05) is 56.1 Å². The highest BCUT2D eigenvalue weighted by Crippen LogP contribution is 2.26. The van der Waals surface area contributed by atoms with Gasteiger partial charge in [0, 0.05) is 39.3 Å². The van der Waals surface area contributed by atoms with Gasteiger partial charge in [0.1, 0.15) is 12.2 Å². The van der Waals surface area contributed by atoms with Crippen LogP contribution in [-0.4, -0.2) is 90.5 Å². The van der Waals surface area contributed by atoms with Crippen molar-refractivity contribution in [2.24, 2.45) is 0 Å². The van der Waals surface area contributed by atoms with Crippen molar-refractivity contribution < 1.29 is 28.6 Å². The van der Waals surface area contributed by atoms with Crippen molar-refractivity contribution >= 4 is 29.5 Å². The maximum atomic E-state index is 12.6. The van der Waals surface area contributed by atoms with Crippen LogP contribution in [0.1, 0.15) is 43.7 Å². The van der Waals surface area contributed by atoms with E-state index >= 15 is 0 Å². The molecule has 2 fully saturated rings. The van der Waals surface area contributed by atoms with Gasteiger partial charge in [-0.25, -0.2) is 19.4 Å². The molecule has 0 radical (unpaired) electrons. The summed E-state index contributed by atoms with van der Waals surface area (Å²) >= 11 is 0. The molecule has 2 amide bonds. The first kappa shape index (κ1) is 28.0. The summed E-state index contributed by atoms with van der Waals surface area (Å²) in [7, 11) is 0. The number of amides is 2. The van der Waals surface area contributed by atoms with Crippen molar-refractivity contribution in [3.8, 4) is 0 Å². The van der Waals surface area contributed by atoms with Crippen LogP contribution in [0.2, 0.25) is 0 Å². The standard InChI is InChI=1S/C28H37N5O6/c1-5-37-25(34)24-23(30-21-17-33(18-21)27(36)39-28(2,3)4)15-22(16-29-24)31-11-13-32(14-12-31)26(35)38-19-20-9-7-6-8-10-20/h6-10,15-16,21,30H,5,11-14,17-19H2,1-4H3. The van der Waals surface area contributed by atoms with Gasteiger partial charge in [-0.3, -0.25) is 0 Å². The van der Waals surface area contributed by atoms with E-state index in [1.807, 2.05) is 57.2 Å². The SMILES string of the molecule is CCOC(=O)c1ncc(N2CCN(C(=O)OCc3ccccc3)CC2)cc1NC1CN(C(=O)OC(C)(C)C)C1. The van der Waals surface area contributed by atoms with Gasteiger partial charge in [-0.1, -0.05) is 30.3 Å². The van der Waals surface area contributed by atoms with E-state index in [2.05, 4.69) is 15.2 Å². The van der Waals surface area contributed by atoms with E-state index in [9.17, 15) is 14.4 Å². The molecule has 39 heavy (non-hydrogen) atoms. The highest BCUT2D eigenvalue weighted by Gasteiger charge is 2.34. The van der Waals surface area contributed by atoms with Gasteiger partial charge >= 0.3 is 18.2 Å². The highest BCUT2D eigenvalue weighted by atomic mass is 16.6. The summed E-state index contributed by atoms with van der Waals surface area (Å²) in [4.78, 5) is 47.2. The summed E-state index contributed by atoms with van der Waals surface area (Å²) in [5, 5.41) is 3.35. The Morgan fingerprint density at radius 3 is 2.31 bits per heavy atom. The predicted octanol–water partition coefficient (Wildman–Crippen LogP) is 3.75. The van der Waals surface area contributed by atoms with Gasteiger partial charge in [0.15, 0.2) is 5.69 Å². The zero-order valence-electron chi connectivity index (χ0n) is 23.0. The third-order valence-corrected chi connectivity index (χ3v) is 6.34. The summed E-state index contributed by atoms with van der Waals surface area (Å²) in [5.41, 5.74) is 1.95. The number of esters is 1. The van der Waals surface area contributed by atoms with Crippen LogP contribution >= 0.6 is 0 Å². The van der Waals surface area contributed by atoms with Crippen LogP contribution in [0.4, 0.5) is 21.0 Å². The molecule has 1 aromatic carbocycles. The van der Waals surface area contributed by atoms with Crippen LogP contribution in [0.3, 0.4) is 0 Å². The van der Waals surface area contributed by atoms with Gasteiger partial charge in [0.25, 0.3) is 0 Å². The number of benzene rings is 1. The number of pyridine rings is 1. The normalized spacial score (nSPS) is 15.8. The Morgan fingerprint density at radius 2 is 1.67 bits per heavy atom. The van der Waals surface area contributed by atoms with Crippen LogP contribution in [0, 0.1) is 0 Å². The molecule has 2 aliphatic heterocycles. The van der Waals surface area contributed by atoms with E-state index in [1.165, 1.54) is 0 Å². The van der Waals surface area contributed by atoms with Crippen molar-refractivity contribution in [1.82, 2.24) is 14.8 Å². The molecule has 2 saturated heterocycles. The van der Waals surface area contributed by atoms with Crippen LogP contribution in [0.15, 0.2) is 42.6 Å². The maximum absolute atomic E-state index is 12.6. The number of likely N-dealkylation sites (tertiary alicyclic amines) is 1. The number of hydrogen-bond acceptors (Lipinski definition) is 9. The number of hydrogen-bond donors (Lipinski definition) is 1. The quantitative estimate of drug-likeness (QED) is 0.415. The lowest BCUT2D eigenvalue weighted by molar-refractivity contribution is 0.0104. The molecule has 3 heterocycles. The zero-order valence-corrected chi connectivity index (χ0v) is 23.0. The first-order valence-corrected chi connectivity index (χ1v) is 13.2. The molecule has 0 aliphatic carbocycles. The van der Waals surface area contributed by atoms with Gasteiger partial charge in [-0.2, -0.15) is 0 Å². The first-order chi connectivity index (χ1) is 18.6. The largest absolute Gasteiger partial charge is 0.461 e. The first-order valence-electron chi connectivity index (χ1n) is 13.2. The monoisotopic (exact) mass is 539 g/mol. The number of ether oxygens (including phenoxy) is 3. The van der Waals surface area contributed by atoms with Gasteiger partial charge < -0.3 is 34.2 Å². The van der Waals surface area contributed by atoms with Gasteiger partial charge in [0.05, 0.1) is 30.2 Å². The Morgan fingerprint density at radius 1 is 0.974 bits per heavy atom. The molecule has 1 aromatic heterocycles. The molecule has 0 unspecified atom stereocenters. The number of carbonyl (C=O) groups is 3. The van der Waals surface area contributed by atoms with Gasteiger partial charge in [-0.05, 0) is 39.3 Å². The molecule has 11 nitrogen and oxygen atoms in total. The molecular formula is C28H37N5O6. The van der Waals surface area contributed by atoms with E-state index in [0.29, 0.717) is 45.0 Å². The van der Waals surface area contributed by atoms with Crippen molar-refractivity contribution in [3.63, 3.8) is 0 Å². The average Bonchev–Trinajstić information content (AvgIpc) is 2.88. The van der Waals surface area contributed by atoms with Crippen molar-refractivity contribution in [3.05, 3.63) is 53.9 Å². The van der Waals surface area contributed by atoms with E-state index < -0.39 is 11.6 Å². The molecular weight excluding hydrogens is 502 g/mol. The Bertz CT molecular complexity index is 1150. The fourth-order valence-corrected chi connectivity index (χ4v) is 4.32. The van der Waals surface area contributed by atoms with Crippen molar-refractivity contribution in [2.45, 2.75) is 45.9 Å². The smallest absolute Gasteiger partial charge is 0.410 e. The van der Waals surface area contributed by atoms with E-state index in [0.717, 1.165) is 11.3 Å². The second kappa shape index (κ2) is 12.2. The minimum absolute atomic E-state index is 0.0565. The number of nitrogens with zero attached hydrogens (tertiary/aromatic N) is 4. The zero-order chi connectivity index (χ0) is 28.0. The van der Waals surface area contributed by atoms with Crippen LogP contribution in [0.5, 0.6) is 0 Å². The third kappa shape index (κ3) is 7.52. The number of anilines is 2. The summed E-state index contributed by atoms with van der Waals surface area (Å²) in [5.74, 6) is -0.513. The molecule has 11 heteroatoms. The second-order valence-electron chi connectivity index (χ2n) is 10.6. The summed E-state index contributed by atoms with van der Waals surface area (Å²) in [6, 6.07) is 11.4. The fraction of sp³-hybridized carbons (Fsp3) is 0.500. The van der Waals surface area contributed by atoms with E-state index in [-0.39, 0.29) is 37.1 Å². The highest BCUT2D eigenvalue weighted by molar-refractivity contribution is 5.94. The van der Waals surface area contributed by atoms with Crippen LogP contribution in [-0.2, 0) is 20.8 Å². The van der Waals surface area contributed by atoms with E-state index in [1.54, 1.807) is 22.9 Å². The third-order valence-electron chi connectivity index (χ3n) is 6.34. The molecule has 0 atom stereocenters. The Balaban J connectivity index is 1.35. The Kier molecular flexibility index (Phi) is 8.78. The Hall–Kier alpha value is -4.02. The van der Waals surface area contributed by atoms with Crippen molar-refractivity contribution in [1.29, 1.82) is 0 Å². The second-order valence-corrected chi connectivity index (χ2v) is 10.6. The molecule has 2 aliphatic rings. The number of nitrogens with one attached hydrogen (secondary N) is 1. The Labute approximate surface area is 229 Å². The number of aromatic nitrogens is 1. The van der Waals surface area contributed by atoms with Crippen LogP contribution < -0.4 is 10.2 Å². The minimum atomic E-state index is -0.562. The maximum Gasteiger partial charge on any atom is 0.410 e. The lowest BCUT2D eigenvalue weighted by Gasteiger charge is -2.40. The summed E-state index contributed by atoms with van der Waals surface area (Å²) < 4.78 is 16.1. The summed E-state index contributed by atoms with van der Waals surface area (Å²) in [6.07, 6.45) is 0.948. The minimum Gasteiger partial charge on any atom is -0.461 e. The number of carbonyl (C=O) groups excluding carboxylic acids is 3. The molecule has 0 saturated carbocycles. The topological polar surface area (TPSA) is 114 Å². The van der Waals surface area contributed by atoms with Crippen LogP contribution in [0.25, 0.3) is 0 Å². The number of rotatable bonds is 7.